The molecule has 0 unspecified atom stereocenters. The van der Waals surface area contributed by atoms with Crippen LogP contribution in [0.2, 0.25) is 5.02 Å². The molecular formula is C8H7ClN2O. The number of halogens is 1. The number of hydrogen-bond acceptors (Lipinski definition) is 2. The van der Waals surface area contributed by atoms with Gasteiger partial charge in [-0.2, -0.15) is 0 Å². The van der Waals surface area contributed by atoms with Gasteiger partial charge in [-0.1, -0.05) is 23.7 Å². The SMILES string of the molecule is N[C@H]1C(=O)Nc2c(Cl)cccc21. The first-order chi connectivity index (χ1) is 5.70. The fourth-order valence-electron chi connectivity index (χ4n) is 1.27. The molecule has 3 N–H and O–H groups in total. The fourth-order valence-corrected chi connectivity index (χ4v) is 1.50. The third kappa shape index (κ3) is 0.906. The van der Waals surface area contributed by atoms with E-state index in [0.717, 1.165) is 5.56 Å². The Balaban J connectivity index is 2.60. The lowest BCUT2D eigenvalue weighted by atomic mass is 10.1. The molecule has 2 rings (SSSR count). The van der Waals surface area contributed by atoms with Gasteiger partial charge in [0.1, 0.15) is 6.04 Å². The molecule has 0 aliphatic carbocycles. The van der Waals surface area contributed by atoms with Gasteiger partial charge in [-0.05, 0) is 6.07 Å². The molecular weight excluding hydrogens is 176 g/mol. The first-order valence-corrected chi connectivity index (χ1v) is 3.93. The van der Waals surface area contributed by atoms with Gasteiger partial charge in [0, 0.05) is 5.56 Å². The van der Waals surface area contributed by atoms with Gasteiger partial charge in [0.25, 0.3) is 0 Å². The summed E-state index contributed by atoms with van der Waals surface area (Å²) < 4.78 is 0. The van der Waals surface area contributed by atoms with Gasteiger partial charge in [-0.25, -0.2) is 0 Å². The van der Waals surface area contributed by atoms with Crippen LogP contribution in [-0.4, -0.2) is 5.91 Å². The zero-order valence-corrected chi connectivity index (χ0v) is 6.93. The van der Waals surface area contributed by atoms with E-state index in [9.17, 15) is 4.79 Å². The van der Waals surface area contributed by atoms with E-state index in [-0.39, 0.29) is 5.91 Å². The Morgan fingerprint density at radius 1 is 1.50 bits per heavy atom. The Morgan fingerprint density at radius 2 is 2.25 bits per heavy atom. The van der Waals surface area contributed by atoms with E-state index < -0.39 is 6.04 Å². The number of fused-ring (bicyclic) bond motifs is 1. The van der Waals surface area contributed by atoms with Crippen molar-refractivity contribution < 1.29 is 4.79 Å². The van der Waals surface area contributed by atoms with Crippen LogP contribution in [0.15, 0.2) is 18.2 Å². The van der Waals surface area contributed by atoms with Crippen molar-refractivity contribution in [2.75, 3.05) is 5.32 Å². The van der Waals surface area contributed by atoms with Gasteiger partial charge in [0.15, 0.2) is 0 Å². The molecule has 0 saturated heterocycles. The van der Waals surface area contributed by atoms with Crippen LogP contribution in [0.25, 0.3) is 0 Å². The molecule has 1 aliphatic rings. The number of para-hydroxylation sites is 1. The Labute approximate surface area is 74.5 Å². The lowest BCUT2D eigenvalue weighted by molar-refractivity contribution is -0.116. The number of anilines is 1. The quantitative estimate of drug-likeness (QED) is 0.635. The Bertz CT molecular complexity index is 351. The van der Waals surface area contributed by atoms with E-state index in [0.29, 0.717) is 10.7 Å². The standard InChI is InChI=1S/C8H7ClN2O/c9-5-3-1-2-4-6(10)8(12)11-7(4)5/h1-3,6H,10H2,(H,11,12)/t6-/m1/s1. The first kappa shape index (κ1) is 7.58. The number of carbonyl (C=O) groups excluding carboxylic acids is 1. The number of carbonyl (C=O) groups is 1. The first-order valence-electron chi connectivity index (χ1n) is 3.55. The number of nitrogens with two attached hydrogens (primary N) is 1. The van der Waals surface area contributed by atoms with Crippen molar-refractivity contribution in [3.8, 4) is 0 Å². The van der Waals surface area contributed by atoms with Crippen LogP contribution in [0.1, 0.15) is 11.6 Å². The highest BCUT2D eigenvalue weighted by Crippen LogP contribution is 2.34. The largest absolute Gasteiger partial charge is 0.323 e. The summed E-state index contributed by atoms with van der Waals surface area (Å²) in [6.45, 7) is 0. The molecule has 3 nitrogen and oxygen atoms in total. The summed E-state index contributed by atoms with van der Waals surface area (Å²) in [6, 6.07) is 4.72. The highest BCUT2D eigenvalue weighted by atomic mass is 35.5. The molecule has 62 valence electrons. The van der Waals surface area contributed by atoms with E-state index in [4.69, 9.17) is 17.3 Å². The zero-order chi connectivity index (χ0) is 8.72. The lowest BCUT2D eigenvalue weighted by Gasteiger charge is -2.00. The summed E-state index contributed by atoms with van der Waals surface area (Å²) in [5.74, 6) is -0.196. The van der Waals surface area contributed by atoms with E-state index in [1.807, 2.05) is 0 Å². The third-order valence-electron chi connectivity index (χ3n) is 1.91. The number of benzene rings is 1. The third-order valence-corrected chi connectivity index (χ3v) is 2.23. The number of rotatable bonds is 0. The van der Waals surface area contributed by atoms with E-state index in [1.54, 1.807) is 18.2 Å². The summed E-state index contributed by atoms with van der Waals surface area (Å²) >= 11 is 5.83. The Kier molecular flexibility index (Phi) is 1.56. The second-order valence-corrected chi connectivity index (χ2v) is 3.08. The molecule has 4 heteroatoms. The number of amides is 1. The van der Waals surface area contributed by atoms with Gasteiger partial charge in [0.2, 0.25) is 5.91 Å². The van der Waals surface area contributed by atoms with Gasteiger partial charge in [-0.3, -0.25) is 4.79 Å². The second-order valence-electron chi connectivity index (χ2n) is 2.67. The van der Waals surface area contributed by atoms with Crippen molar-refractivity contribution >= 4 is 23.2 Å². The molecule has 0 saturated carbocycles. The lowest BCUT2D eigenvalue weighted by Crippen LogP contribution is -2.19. The highest BCUT2D eigenvalue weighted by molar-refractivity contribution is 6.34. The minimum Gasteiger partial charge on any atom is -0.323 e. The zero-order valence-electron chi connectivity index (χ0n) is 6.17. The van der Waals surface area contributed by atoms with E-state index >= 15 is 0 Å². The van der Waals surface area contributed by atoms with Crippen LogP contribution >= 0.6 is 11.6 Å². The molecule has 1 heterocycles. The highest BCUT2D eigenvalue weighted by Gasteiger charge is 2.28. The molecule has 0 bridgehead atoms. The molecule has 1 aromatic rings. The van der Waals surface area contributed by atoms with Crippen molar-refractivity contribution in [1.82, 2.24) is 0 Å². The predicted octanol–water partition coefficient (Wildman–Crippen LogP) is 1.29. The maximum absolute atomic E-state index is 11.1. The number of nitrogens with one attached hydrogen (secondary N) is 1. The van der Waals surface area contributed by atoms with Crippen molar-refractivity contribution in [2.45, 2.75) is 6.04 Å². The van der Waals surface area contributed by atoms with Crippen LogP contribution in [0.5, 0.6) is 0 Å². The predicted molar refractivity (Wildman–Crippen MR) is 47.0 cm³/mol. The van der Waals surface area contributed by atoms with Crippen molar-refractivity contribution in [3.63, 3.8) is 0 Å². The minimum atomic E-state index is -0.571. The topological polar surface area (TPSA) is 55.1 Å². The average molecular weight is 183 g/mol. The summed E-state index contributed by atoms with van der Waals surface area (Å²) in [4.78, 5) is 11.1. The molecule has 0 radical (unpaired) electrons. The number of hydrogen-bond donors (Lipinski definition) is 2. The summed E-state index contributed by atoms with van der Waals surface area (Å²) in [7, 11) is 0. The minimum absolute atomic E-state index is 0.196. The Morgan fingerprint density at radius 3 is 2.92 bits per heavy atom. The smallest absolute Gasteiger partial charge is 0.246 e. The maximum Gasteiger partial charge on any atom is 0.246 e. The van der Waals surface area contributed by atoms with Crippen molar-refractivity contribution in [3.05, 3.63) is 28.8 Å². The van der Waals surface area contributed by atoms with Crippen molar-refractivity contribution in [1.29, 1.82) is 0 Å². The second kappa shape index (κ2) is 2.47. The summed E-state index contributed by atoms with van der Waals surface area (Å²) in [5, 5.41) is 3.16. The molecule has 1 aliphatic heterocycles. The molecule has 12 heavy (non-hydrogen) atoms. The van der Waals surface area contributed by atoms with Crippen LogP contribution in [0.3, 0.4) is 0 Å². The molecule has 0 aromatic heterocycles. The Hall–Kier alpha value is -1.06. The van der Waals surface area contributed by atoms with Gasteiger partial charge < -0.3 is 11.1 Å². The normalized spacial score (nSPS) is 20.5. The summed E-state index contributed by atoms with van der Waals surface area (Å²) in [5.41, 5.74) is 7.01. The summed E-state index contributed by atoms with van der Waals surface area (Å²) in [6.07, 6.45) is 0. The molecule has 1 amide bonds. The van der Waals surface area contributed by atoms with Gasteiger partial charge in [0.05, 0.1) is 10.7 Å². The maximum atomic E-state index is 11.1. The van der Waals surface area contributed by atoms with Crippen LogP contribution in [-0.2, 0) is 4.79 Å². The average Bonchev–Trinajstić information content (AvgIpc) is 2.32. The van der Waals surface area contributed by atoms with Crippen LogP contribution in [0.4, 0.5) is 5.69 Å². The van der Waals surface area contributed by atoms with Gasteiger partial charge >= 0.3 is 0 Å². The van der Waals surface area contributed by atoms with Crippen LogP contribution < -0.4 is 11.1 Å². The fraction of sp³-hybridized carbons (Fsp3) is 0.125. The van der Waals surface area contributed by atoms with Gasteiger partial charge in [-0.15, -0.1) is 0 Å². The van der Waals surface area contributed by atoms with E-state index in [1.165, 1.54) is 0 Å². The monoisotopic (exact) mass is 182 g/mol. The molecule has 0 spiro atoms. The van der Waals surface area contributed by atoms with Crippen LogP contribution in [0, 0.1) is 0 Å². The molecule has 1 aromatic carbocycles. The van der Waals surface area contributed by atoms with E-state index in [2.05, 4.69) is 5.32 Å². The van der Waals surface area contributed by atoms with Crippen molar-refractivity contribution in [2.24, 2.45) is 5.73 Å². The molecule has 0 fully saturated rings. The molecule has 1 atom stereocenters.